The predicted molar refractivity (Wildman–Crippen MR) is 194 cm³/mol. The molecule has 45 heavy (non-hydrogen) atoms. The molecule has 1 aromatic rings. The van der Waals surface area contributed by atoms with Crippen LogP contribution < -0.4 is 0 Å². The van der Waals surface area contributed by atoms with Gasteiger partial charge in [-0.1, -0.05) is 67.0 Å². The van der Waals surface area contributed by atoms with Crippen molar-refractivity contribution in [2.24, 2.45) is 23.2 Å². The summed E-state index contributed by atoms with van der Waals surface area (Å²) in [5.41, 5.74) is 0.283. The van der Waals surface area contributed by atoms with Gasteiger partial charge in [-0.05, 0) is 111 Å². The smallest absolute Gasteiger partial charge is 0.348 e. The number of rotatable bonds is 14. The number of carbonyl (C=O) groups is 1. The molecule has 0 aromatic carbocycles. The van der Waals surface area contributed by atoms with Crippen molar-refractivity contribution in [3.63, 3.8) is 0 Å². The van der Waals surface area contributed by atoms with E-state index in [1.807, 2.05) is 12.1 Å². The summed E-state index contributed by atoms with van der Waals surface area (Å²) >= 11 is 1.52. The van der Waals surface area contributed by atoms with Crippen LogP contribution in [0.2, 0.25) is 36.3 Å². The Labute approximate surface area is 281 Å². The van der Waals surface area contributed by atoms with Gasteiger partial charge in [-0.15, -0.1) is 11.3 Å². The van der Waals surface area contributed by atoms with Gasteiger partial charge >= 0.3 is 5.97 Å². The first-order valence-electron chi connectivity index (χ1n) is 17.4. The standard InChI is InChI=1S/C37H63NO4SSi2/c1-13-37(23-16-24-37)33(42-45(11,12)36(5,6)7)20-15-19-30-29(18-14-17-28-21-22-32(43-28)34(39)40-8)27(26-38)25-31(30)41-44(9,10)35(2,3)4/h15,19,21-22,27,29-31,33H,13-14,16-18,20,23-25H2,1-12H3/t27-,29+,30+,31-,33?/m1/s1. The van der Waals surface area contributed by atoms with E-state index in [0.29, 0.717) is 4.88 Å². The highest BCUT2D eigenvalue weighted by molar-refractivity contribution is 7.13. The van der Waals surface area contributed by atoms with E-state index in [0.717, 1.165) is 32.1 Å². The van der Waals surface area contributed by atoms with Crippen LogP contribution in [0.3, 0.4) is 0 Å². The van der Waals surface area contributed by atoms with E-state index >= 15 is 0 Å². The summed E-state index contributed by atoms with van der Waals surface area (Å²) in [5.74, 6) is 0.177. The average Bonchev–Trinajstić information content (AvgIpc) is 3.51. The van der Waals surface area contributed by atoms with E-state index in [-0.39, 0.29) is 51.4 Å². The number of nitrogens with zero attached hydrogens (tertiary/aromatic N) is 1. The molecule has 2 fully saturated rings. The number of carbonyl (C=O) groups excluding carboxylic acids is 1. The topological polar surface area (TPSA) is 68.6 Å². The monoisotopic (exact) mass is 673 g/mol. The van der Waals surface area contributed by atoms with Gasteiger partial charge in [0.1, 0.15) is 4.88 Å². The first-order valence-corrected chi connectivity index (χ1v) is 24.0. The largest absolute Gasteiger partial charge is 0.465 e. The van der Waals surface area contributed by atoms with Crippen LogP contribution in [-0.4, -0.2) is 41.9 Å². The van der Waals surface area contributed by atoms with Crippen LogP contribution in [0.5, 0.6) is 0 Å². The van der Waals surface area contributed by atoms with Crippen LogP contribution in [0.15, 0.2) is 24.3 Å². The van der Waals surface area contributed by atoms with E-state index in [2.05, 4.69) is 92.9 Å². The Hall–Kier alpha value is -1.25. The number of methoxy groups -OCH3 is 1. The van der Waals surface area contributed by atoms with E-state index in [1.165, 1.54) is 49.0 Å². The molecule has 5 nitrogen and oxygen atoms in total. The lowest BCUT2D eigenvalue weighted by Crippen LogP contribution is -2.51. The third-order valence-corrected chi connectivity index (χ3v) is 22.2. The van der Waals surface area contributed by atoms with Gasteiger partial charge in [-0.3, -0.25) is 0 Å². The average molecular weight is 674 g/mol. The third-order valence-electron chi connectivity index (χ3n) is 12.0. The lowest BCUT2D eigenvalue weighted by molar-refractivity contribution is -0.0273. The minimum atomic E-state index is -2.03. The Morgan fingerprint density at radius 2 is 1.76 bits per heavy atom. The third kappa shape index (κ3) is 9.01. The van der Waals surface area contributed by atoms with Crippen LogP contribution in [0, 0.1) is 34.5 Å². The van der Waals surface area contributed by atoms with E-state index in [4.69, 9.17) is 13.6 Å². The van der Waals surface area contributed by atoms with Gasteiger partial charge < -0.3 is 13.6 Å². The molecule has 0 bridgehead atoms. The number of thiophene rings is 1. The molecule has 0 aliphatic heterocycles. The summed E-state index contributed by atoms with van der Waals surface area (Å²) in [7, 11) is -2.54. The Kier molecular flexibility index (Phi) is 12.6. The minimum Gasteiger partial charge on any atom is -0.465 e. The summed E-state index contributed by atoms with van der Waals surface area (Å²) in [6.45, 7) is 25.7. The SMILES string of the molecule is CCC1(C(CC=C[C@H]2[C@@H](CCCc3ccc(C(=O)OC)s3)[C@@H](C#N)C[C@H]2O[Si](C)(C)C(C)(C)C)O[Si](C)(C)C(C)(C)C)CCC1. The quantitative estimate of drug-likeness (QED) is 0.112. The van der Waals surface area contributed by atoms with Gasteiger partial charge in [0.25, 0.3) is 0 Å². The first-order chi connectivity index (χ1) is 20.8. The highest BCUT2D eigenvalue weighted by atomic mass is 32.1. The van der Waals surface area contributed by atoms with Gasteiger partial charge in [0.05, 0.1) is 31.3 Å². The van der Waals surface area contributed by atoms with Crippen molar-refractivity contribution in [1.29, 1.82) is 5.26 Å². The number of nitriles is 1. The second-order valence-corrected chi connectivity index (χ2v) is 27.6. The molecule has 1 unspecified atom stereocenters. The molecular weight excluding hydrogens is 611 g/mol. The second kappa shape index (κ2) is 14.9. The zero-order valence-corrected chi connectivity index (χ0v) is 33.4. The molecule has 3 rings (SSSR count). The fraction of sp³-hybridized carbons (Fsp3) is 0.784. The van der Waals surface area contributed by atoms with Crippen molar-refractivity contribution in [2.75, 3.05) is 7.11 Å². The summed E-state index contributed by atoms with van der Waals surface area (Å²) in [6, 6.07) is 6.60. The second-order valence-electron chi connectivity index (χ2n) is 16.9. The maximum absolute atomic E-state index is 12.0. The first kappa shape index (κ1) is 38.2. The van der Waals surface area contributed by atoms with Gasteiger partial charge in [0, 0.05) is 10.8 Å². The Balaban J connectivity index is 1.86. The van der Waals surface area contributed by atoms with Crippen molar-refractivity contribution >= 4 is 33.9 Å². The van der Waals surface area contributed by atoms with Crippen LogP contribution >= 0.6 is 11.3 Å². The lowest BCUT2D eigenvalue weighted by atomic mass is 9.63. The van der Waals surface area contributed by atoms with Crippen molar-refractivity contribution in [2.45, 2.75) is 155 Å². The molecule has 2 aliphatic rings. The van der Waals surface area contributed by atoms with E-state index < -0.39 is 16.6 Å². The van der Waals surface area contributed by atoms with Gasteiger partial charge in [-0.2, -0.15) is 5.26 Å². The summed E-state index contributed by atoms with van der Waals surface area (Å²) in [5, 5.41) is 10.6. The van der Waals surface area contributed by atoms with Crippen LogP contribution in [0.1, 0.15) is 114 Å². The molecule has 2 saturated carbocycles. The van der Waals surface area contributed by atoms with Crippen molar-refractivity contribution < 1.29 is 18.4 Å². The molecule has 0 radical (unpaired) electrons. The number of aryl methyl sites for hydroxylation is 1. The summed E-state index contributed by atoms with van der Waals surface area (Å²) < 4.78 is 19.2. The fourth-order valence-electron chi connectivity index (χ4n) is 6.70. The Bertz CT molecular complexity index is 1190. The number of hydrogen-bond acceptors (Lipinski definition) is 6. The van der Waals surface area contributed by atoms with Crippen LogP contribution in [0.4, 0.5) is 0 Å². The highest BCUT2D eigenvalue weighted by Gasteiger charge is 2.49. The zero-order chi connectivity index (χ0) is 33.8. The molecule has 254 valence electrons. The Morgan fingerprint density at radius 3 is 2.27 bits per heavy atom. The fourth-order valence-corrected chi connectivity index (χ4v) is 10.4. The zero-order valence-electron chi connectivity index (χ0n) is 30.5. The van der Waals surface area contributed by atoms with Crippen molar-refractivity contribution in [3.8, 4) is 6.07 Å². The summed E-state index contributed by atoms with van der Waals surface area (Å²) in [4.78, 5) is 13.8. The molecule has 5 atom stereocenters. The normalized spacial score (nSPS) is 24.8. The van der Waals surface area contributed by atoms with Gasteiger partial charge in [-0.25, -0.2) is 4.79 Å². The van der Waals surface area contributed by atoms with E-state index in [9.17, 15) is 10.1 Å². The maximum atomic E-state index is 12.0. The van der Waals surface area contributed by atoms with E-state index in [1.54, 1.807) is 0 Å². The summed E-state index contributed by atoms with van der Waals surface area (Å²) in [6.07, 6.45) is 14.7. The molecule has 2 aliphatic carbocycles. The molecular formula is C37H63NO4SSi2. The number of esters is 1. The number of hydrogen-bond donors (Lipinski definition) is 0. The van der Waals surface area contributed by atoms with Crippen molar-refractivity contribution in [1.82, 2.24) is 0 Å². The molecule has 0 N–H and O–H groups in total. The number of ether oxygens (including phenoxy) is 1. The Morgan fingerprint density at radius 1 is 1.11 bits per heavy atom. The highest BCUT2D eigenvalue weighted by Crippen LogP contribution is 2.52. The maximum Gasteiger partial charge on any atom is 0.348 e. The van der Waals surface area contributed by atoms with Crippen LogP contribution in [-0.2, 0) is 20.0 Å². The van der Waals surface area contributed by atoms with Gasteiger partial charge in [0.15, 0.2) is 16.6 Å². The molecule has 0 saturated heterocycles. The molecule has 1 heterocycles. The lowest BCUT2D eigenvalue weighted by Gasteiger charge is -2.51. The van der Waals surface area contributed by atoms with Crippen LogP contribution in [0.25, 0.3) is 0 Å². The molecule has 0 spiro atoms. The van der Waals surface area contributed by atoms with Crippen molar-refractivity contribution in [3.05, 3.63) is 34.0 Å². The molecule has 8 heteroatoms. The predicted octanol–water partition coefficient (Wildman–Crippen LogP) is 10.9. The molecule has 0 amide bonds. The van der Waals surface area contributed by atoms with Gasteiger partial charge in [0.2, 0.25) is 0 Å². The minimum absolute atomic E-state index is 0.0173. The molecule has 1 aromatic heterocycles.